The van der Waals surface area contributed by atoms with Gasteiger partial charge in [-0.15, -0.1) is 0 Å². The van der Waals surface area contributed by atoms with Gasteiger partial charge in [-0.3, -0.25) is 9.52 Å². The van der Waals surface area contributed by atoms with Crippen molar-refractivity contribution in [2.75, 3.05) is 11.0 Å². The number of hydrogen-bond acceptors (Lipinski definition) is 4. The molecule has 0 bridgehead atoms. The van der Waals surface area contributed by atoms with Crippen LogP contribution in [0.4, 0.5) is 10.1 Å². The van der Waals surface area contributed by atoms with Crippen molar-refractivity contribution >= 4 is 21.6 Å². The topological polar surface area (TPSA) is 84.5 Å². The lowest BCUT2D eigenvalue weighted by molar-refractivity contribution is 0.0939. The van der Waals surface area contributed by atoms with Gasteiger partial charge in [-0.25, -0.2) is 12.8 Å². The number of anilines is 1. The third-order valence-corrected chi connectivity index (χ3v) is 5.06. The van der Waals surface area contributed by atoms with Gasteiger partial charge in [0, 0.05) is 11.3 Å². The van der Waals surface area contributed by atoms with Crippen LogP contribution in [0.25, 0.3) is 0 Å². The van der Waals surface area contributed by atoms with Gasteiger partial charge >= 0.3 is 0 Å². The largest absolute Gasteiger partial charge is 0.489 e. The molecule has 0 radical (unpaired) electrons. The smallest absolute Gasteiger partial charge is 0.251 e. The van der Waals surface area contributed by atoms with Crippen LogP contribution in [0, 0.1) is 5.82 Å². The molecule has 3 rings (SSSR count). The zero-order valence-electron chi connectivity index (χ0n) is 17.1. The van der Waals surface area contributed by atoms with Crippen LogP contribution >= 0.6 is 0 Å². The predicted octanol–water partition coefficient (Wildman–Crippen LogP) is 4.27. The van der Waals surface area contributed by atoms with Crippen LogP contribution in [0.1, 0.15) is 34.5 Å². The summed E-state index contributed by atoms with van der Waals surface area (Å²) in [5.41, 5.74) is 2.42. The monoisotopic (exact) mass is 442 g/mol. The van der Waals surface area contributed by atoms with Crippen molar-refractivity contribution < 1.29 is 22.3 Å². The van der Waals surface area contributed by atoms with Crippen molar-refractivity contribution in [2.24, 2.45) is 0 Å². The van der Waals surface area contributed by atoms with E-state index in [0.29, 0.717) is 17.0 Å². The molecule has 31 heavy (non-hydrogen) atoms. The first-order valence-electron chi connectivity index (χ1n) is 9.55. The van der Waals surface area contributed by atoms with Crippen molar-refractivity contribution in [1.82, 2.24) is 5.32 Å². The number of amides is 1. The predicted molar refractivity (Wildman–Crippen MR) is 118 cm³/mol. The second-order valence-corrected chi connectivity index (χ2v) is 8.89. The molecular weight excluding hydrogens is 419 g/mol. The Morgan fingerprint density at radius 1 is 1.03 bits per heavy atom. The van der Waals surface area contributed by atoms with Crippen molar-refractivity contribution in [3.05, 3.63) is 95.3 Å². The minimum Gasteiger partial charge on any atom is -0.489 e. The molecule has 6 nitrogen and oxygen atoms in total. The molecule has 162 valence electrons. The first kappa shape index (κ1) is 22.3. The number of benzene rings is 3. The fraction of sp³-hybridized carbons (Fsp3) is 0.174. The molecule has 8 heteroatoms. The Bertz CT molecular complexity index is 1160. The summed E-state index contributed by atoms with van der Waals surface area (Å²) in [5, 5.41) is 2.90. The average molecular weight is 443 g/mol. The van der Waals surface area contributed by atoms with Gasteiger partial charge in [0.1, 0.15) is 18.2 Å². The Hall–Kier alpha value is -3.39. The van der Waals surface area contributed by atoms with Crippen molar-refractivity contribution in [2.45, 2.75) is 19.6 Å². The number of halogens is 1. The lowest BCUT2D eigenvalue weighted by Crippen LogP contribution is -2.26. The minimum atomic E-state index is -3.39. The molecule has 0 heterocycles. The lowest BCUT2D eigenvalue weighted by atomic mass is 10.1. The molecule has 0 saturated carbocycles. The fourth-order valence-corrected chi connectivity index (χ4v) is 3.48. The molecule has 3 aromatic carbocycles. The molecular formula is C23H23FN2O4S. The van der Waals surface area contributed by atoms with Gasteiger partial charge in [0.25, 0.3) is 5.91 Å². The third kappa shape index (κ3) is 6.82. The molecule has 0 aromatic heterocycles. The molecule has 0 aliphatic carbocycles. The second kappa shape index (κ2) is 9.61. The van der Waals surface area contributed by atoms with Crippen LogP contribution in [-0.4, -0.2) is 20.6 Å². The molecule has 1 atom stereocenters. The zero-order valence-corrected chi connectivity index (χ0v) is 17.9. The van der Waals surface area contributed by atoms with Gasteiger partial charge in [0.2, 0.25) is 10.0 Å². The molecule has 0 aliphatic heterocycles. The van der Waals surface area contributed by atoms with Gasteiger partial charge in [-0.2, -0.15) is 0 Å². The zero-order chi connectivity index (χ0) is 22.4. The van der Waals surface area contributed by atoms with E-state index in [1.54, 1.807) is 60.7 Å². The second-order valence-electron chi connectivity index (χ2n) is 7.14. The lowest BCUT2D eigenvalue weighted by Gasteiger charge is -2.16. The molecule has 0 saturated heterocycles. The highest BCUT2D eigenvalue weighted by Gasteiger charge is 2.13. The SMILES string of the molecule is CC(NC(=O)c1cccc(OCc2ccc(F)cc2)c1)c1cccc(NS(C)(=O)=O)c1. The van der Waals surface area contributed by atoms with Crippen LogP contribution in [-0.2, 0) is 16.6 Å². The quantitative estimate of drug-likeness (QED) is 0.546. The Morgan fingerprint density at radius 2 is 1.74 bits per heavy atom. The molecule has 0 spiro atoms. The van der Waals surface area contributed by atoms with Gasteiger partial charge < -0.3 is 10.1 Å². The first-order valence-corrected chi connectivity index (χ1v) is 11.4. The highest BCUT2D eigenvalue weighted by Crippen LogP contribution is 2.20. The molecule has 0 fully saturated rings. The number of carbonyl (C=O) groups is 1. The van der Waals surface area contributed by atoms with E-state index in [1.165, 1.54) is 12.1 Å². The average Bonchev–Trinajstić information content (AvgIpc) is 2.72. The standard InChI is InChI=1S/C23H23FN2O4S/c1-16(18-5-3-7-21(13-18)26-31(2,28)29)25-23(27)19-6-4-8-22(14-19)30-15-17-9-11-20(24)12-10-17/h3-14,16,26H,15H2,1-2H3,(H,25,27). The molecule has 3 aromatic rings. The van der Waals surface area contributed by atoms with E-state index in [-0.39, 0.29) is 24.4 Å². The van der Waals surface area contributed by atoms with Gasteiger partial charge in [0.15, 0.2) is 0 Å². The first-order chi connectivity index (χ1) is 14.7. The van der Waals surface area contributed by atoms with Gasteiger partial charge in [-0.1, -0.05) is 30.3 Å². The number of nitrogens with one attached hydrogen (secondary N) is 2. The Balaban J connectivity index is 1.64. The summed E-state index contributed by atoms with van der Waals surface area (Å²) in [5.74, 6) is -0.0839. The maximum Gasteiger partial charge on any atom is 0.251 e. The van der Waals surface area contributed by atoms with E-state index in [1.807, 2.05) is 6.92 Å². The number of ether oxygens (including phenoxy) is 1. The Labute approximate surface area is 181 Å². The van der Waals surface area contributed by atoms with Crippen molar-refractivity contribution in [3.63, 3.8) is 0 Å². The summed E-state index contributed by atoms with van der Waals surface area (Å²) in [4.78, 5) is 12.7. The van der Waals surface area contributed by atoms with E-state index >= 15 is 0 Å². The summed E-state index contributed by atoms with van der Waals surface area (Å²) in [6.07, 6.45) is 1.08. The number of rotatable bonds is 8. The molecule has 1 unspecified atom stereocenters. The van der Waals surface area contributed by atoms with Crippen LogP contribution in [0.2, 0.25) is 0 Å². The highest BCUT2D eigenvalue weighted by atomic mass is 32.2. The van der Waals surface area contributed by atoms with E-state index in [2.05, 4.69) is 10.0 Å². The Morgan fingerprint density at radius 3 is 2.45 bits per heavy atom. The van der Waals surface area contributed by atoms with Crippen molar-refractivity contribution in [1.29, 1.82) is 0 Å². The van der Waals surface area contributed by atoms with Crippen LogP contribution in [0.5, 0.6) is 5.75 Å². The molecule has 1 amide bonds. The van der Waals surface area contributed by atoms with E-state index in [0.717, 1.165) is 17.4 Å². The minimum absolute atomic E-state index is 0.252. The summed E-state index contributed by atoms with van der Waals surface area (Å²) in [6.45, 7) is 2.06. The summed E-state index contributed by atoms with van der Waals surface area (Å²) in [7, 11) is -3.39. The van der Waals surface area contributed by atoms with E-state index < -0.39 is 10.0 Å². The van der Waals surface area contributed by atoms with Crippen LogP contribution in [0.3, 0.4) is 0 Å². The van der Waals surface area contributed by atoms with Crippen LogP contribution in [0.15, 0.2) is 72.8 Å². The van der Waals surface area contributed by atoms with E-state index in [4.69, 9.17) is 4.74 Å². The number of carbonyl (C=O) groups excluding carboxylic acids is 1. The van der Waals surface area contributed by atoms with Gasteiger partial charge in [0.05, 0.1) is 12.3 Å². The van der Waals surface area contributed by atoms with Crippen LogP contribution < -0.4 is 14.8 Å². The fourth-order valence-electron chi connectivity index (χ4n) is 2.92. The summed E-state index contributed by atoms with van der Waals surface area (Å²) in [6, 6.07) is 19.3. The maximum absolute atomic E-state index is 13.0. The number of sulfonamides is 1. The normalized spacial score (nSPS) is 12.1. The summed E-state index contributed by atoms with van der Waals surface area (Å²) < 4.78 is 44.0. The summed E-state index contributed by atoms with van der Waals surface area (Å²) >= 11 is 0. The molecule has 2 N–H and O–H groups in total. The third-order valence-electron chi connectivity index (χ3n) is 4.45. The van der Waals surface area contributed by atoms with E-state index in [9.17, 15) is 17.6 Å². The Kier molecular flexibility index (Phi) is 6.91. The molecule has 0 aliphatic rings. The van der Waals surface area contributed by atoms with Crippen molar-refractivity contribution in [3.8, 4) is 5.75 Å². The van der Waals surface area contributed by atoms with Gasteiger partial charge in [-0.05, 0) is 60.5 Å². The number of hydrogen-bond donors (Lipinski definition) is 2. The maximum atomic E-state index is 13.0. The highest BCUT2D eigenvalue weighted by molar-refractivity contribution is 7.92.